The number of esters is 1. The van der Waals surface area contributed by atoms with Gasteiger partial charge in [0.2, 0.25) is 0 Å². The summed E-state index contributed by atoms with van der Waals surface area (Å²) in [6.45, 7) is 15.0. The maximum absolute atomic E-state index is 12.8. The monoisotopic (exact) mass is 863 g/mol. The molecule has 0 aromatic heterocycles. The molecule has 0 saturated heterocycles. The quantitative estimate of drug-likeness (QED) is 0.0278. The normalized spacial score (nSPS) is 12.9. The van der Waals surface area contributed by atoms with E-state index in [1.54, 1.807) is 0 Å². The van der Waals surface area contributed by atoms with Crippen LogP contribution in [-0.4, -0.2) is 103 Å². The molecule has 0 saturated carbocycles. The Morgan fingerprint density at radius 3 is 1.34 bits per heavy atom. The van der Waals surface area contributed by atoms with Crippen LogP contribution in [0, 0.1) is 0 Å². The van der Waals surface area contributed by atoms with Gasteiger partial charge in [0.1, 0.15) is 6.61 Å². The predicted octanol–water partition coefficient (Wildman–Crippen LogP) is 12.8. The van der Waals surface area contributed by atoms with Crippen molar-refractivity contribution < 1.29 is 33.2 Å². The molecule has 0 aromatic carbocycles. The van der Waals surface area contributed by atoms with Crippen molar-refractivity contribution >= 4 is 5.97 Å². The second kappa shape index (κ2) is 49.2. The molecule has 9 heteroatoms. The fourth-order valence-electron chi connectivity index (χ4n) is 6.51. The van der Waals surface area contributed by atoms with Gasteiger partial charge in [-0.3, -0.25) is 4.79 Å². The van der Waals surface area contributed by atoms with Crippen molar-refractivity contribution in [3.8, 4) is 0 Å². The number of carbonyl (C=O) groups is 1. The molecule has 0 aliphatic heterocycles. The minimum Gasteiger partial charge on any atom is -0.464 e. The van der Waals surface area contributed by atoms with E-state index in [0.717, 1.165) is 180 Å². The summed E-state index contributed by atoms with van der Waals surface area (Å²) in [4.78, 5) is 15.0. The summed E-state index contributed by atoms with van der Waals surface area (Å²) in [5, 5.41) is 3.57. The van der Waals surface area contributed by atoms with Crippen LogP contribution in [0.2, 0.25) is 0 Å². The highest BCUT2D eigenvalue weighted by atomic mass is 16.7. The molecule has 9 nitrogen and oxygen atoms in total. The van der Waals surface area contributed by atoms with E-state index < -0.39 is 0 Å². The first-order valence-corrected chi connectivity index (χ1v) is 25.1. The molecule has 0 amide bonds. The fourth-order valence-corrected chi connectivity index (χ4v) is 6.51. The molecule has 0 radical (unpaired) electrons. The van der Waals surface area contributed by atoms with Crippen molar-refractivity contribution in [3.63, 3.8) is 0 Å². The molecule has 0 aliphatic carbocycles. The van der Waals surface area contributed by atoms with Gasteiger partial charge in [0, 0.05) is 39.5 Å². The topological polar surface area (TPSA) is 87.7 Å². The average Bonchev–Trinajstić information content (AvgIpc) is 3.25. The van der Waals surface area contributed by atoms with Crippen LogP contribution in [0.15, 0.2) is 48.6 Å². The molecule has 1 unspecified atom stereocenters. The number of rotatable bonds is 48. The van der Waals surface area contributed by atoms with Crippen molar-refractivity contribution in [2.75, 3.05) is 73.4 Å². The maximum atomic E-state index is 12.8. The highest BCUT2D eigenvalue weighted by Gasteiger charge is 2.15. The number of unbranched alkanes of at least 4 members (excludes halogenated alkanes) is 11. The van der Waals surface area contributed by atoms with Crippen molar-refractivity contribution in [1.82, 2.24) is 10.2 Å². The summed E-state index contributed by atoms with van der Waals surface area (Å²) >= 11 is 0. The van der Waals surface area contributed by atoms with Gasteiger partial charge in [0.15, 0.2) is 12.6 Å². The molecule has 61 heavy (non-hydrogen) atoms. The molecule has 358 valence electrons. The minimum atomic E-state index is -0.217. The lowest BCUT2D eigenvalue weighted by molar-refractivity contribution is -0.150. The van der Waals surface area contributed by atoms with E-state index in [0.29, 0.717) is 39.5 Å². The molecule has 0 rings (SSSR count). The van der Waals surface area contributed by atoms with E-state index in [9.17, 15) is 4.79 Å². The number of nitrogens with one attached hydrogen (secondary N) is 1. The van der Waals surface area contributed by atoms with Crippen LogP contribution in [0.3, 0.4) is 0 Å². The van der Waals surface area contributed by atoms with Gasteiger partial charge >= 0.3 is 5.97 Å². The third-order valence-electron chi connectivity index (χ3n) is 10.2. The van der Waals surface area contributed by atoms with E-state index in [-0.39, 0.29) is 24.6 Å². The summed E-state index contributed by atoms with van der Waals surface area (Å²) in [6, 6.07) is -0.0340. The summed E-state index contributed by atoms with van der Waals surface area (Å²) in [7, 11) is 4.18. The smallest absolute Gasteiger partial charge is 0.305 e. The van der Waals surface area contributed by atoms with Crippen molar-refractivity contribution in [1.29, 1.82) is 0 Å². The first-order valence-electron chi connectivity index (χ1n) is 25.1. The summed E-state index contributed by atoms with van der Waals surface area (Å²) in [5.41, 5.74) is 0. The molecular weight excluding hydrogens is 765 g/mol. The average molecular weight is 863 g/mol. The highest BCUT2D eigenvalue weighted by molar-refractivity contribution is 5.69. The zero-order valence-corrected chi connectivity index (χ0v) is 40.7. The zero-order chi connectivity index (χ0) is 44.5. The Morgan fingerprint density at radius 2 is 0.918 bits per heavy atom. The van der Waals surface area contributed by atoms with E-state index in [4.69, 9.17) is 28.4 Å². The molecule has 0 heterocycles. The van der Waals surface area contributed by atoms with Crippen LogP contribution >= 0.6 is 0 Å². The second-order valence-electron chi connectivity index (χ2n) is 16.5. The van der Waals surface area contributed by atoms with Crippen LogP contribution in [0.1, 0.15) is 188 Å². The van der Waals surface area contributed by atoms with E-state index >= 15 is 0 Å². The molecule has 1 N–H and O–H groups in total. The Bertz CT molecular complexity index is 970. The van der Waals surface area contributed by atoms with Crippen molar-refractivity contribution in [3.05, 3.63) is 48.6 Å². The number of nitrogens with zero attached hydrogens (tertiary/aromatic N) is 1. The summed E-state index contributed by atoms with van der Waals surface area (Å²) < 4.78 is 36.7. The number of hydrogen-bond acceptors (Lipinski definition) is 9. The van der Waals surface area contributed by atoms with E-state index in [2.05, 4.69) is 101 Å². The Balaban J connectivity index is 4.70. The Kier molecular flexibility index (Phi) is 47.7. The Hall–Kier alpha value is -1.85. The van der Waals surface area contributed by atoms with Crippen LogP contribution in [0.25, 0.3) is 0 Å². The van der Waals surface area contributed by atoms with Gasteiger partial charge in [0.05, 0.1) is 12.6 Å². The van der Waals surface area contributed by atoms with Crippen LogP contribution in [0.5, 0.6) is 0 Å². The molecule has 0 fully saturated rings. The van der Waals surface area contributed by atoms with Gasteiger partial charge in [-0.1, -0.05) is 82.7 Å². The Morgan fingerprint density at radius 1 is 0.492 bits per heavy atom. The predicted molar refractivity (Wildman–Crippen MR) is 258 cm³/mol. The minimum absolute atomic E-state index is 0.0340. The van der Waals surface area contributed by atoms with Gasteiger partial charge in [0.25, 0.3) is 0 Å². The number of hydrogen-bond donors (Lipinski definition) is 1. The van der Waals surface area contributed by atoms with E-state index in [1.807, 2.05) is 0 Å². The lowest BCUT2D eigenvalue weighted by Gasteiger charge is -2.20. The lowest BCUT2D eigenvalue weighted by Crippen LogP contribution is -2.39. The first kappa shape index (κ1) is 59.1. The van der Waals surface area contributed by atoms with Crippen molar-refractivity contribution in [2.24, 2.45) is 0 Å². The van der Waals surface area contributed by atoms with Gasteiger partial charge in [-0.15, -0.1) is 0 Å². The van der Waals surface area contributed by atoms with Crippen LogP contribution in [-0.2, 0) is 33.2 Å². The maximum Gasteiger partial charge on any atom is 0.305 e. The highest BCUT2D eigenvalue weighted by Crippen LogP contribution is 2.14. The largest absolute Gasteiger partial charge is 0.464 e. The van der Waals surface area contributed by atoms with Crippen molar-refractivity contribution in [2.45, 2.75) is 207 Å². The van der Waals surface area contributed by atoms with Gasteiger partial charge in [-0.25, -0.2) is 0 Å². The Labute approximate surface area is 377 Å². The van der Waals surface area contributed by atoms with E-state index in [1.165, 1.54) is 0 Å². The SMILES string of the molecule is CC/C=C\CCCCOC(CCCCCOCC(COC(=O)CCCCC(OCCCC/C=C\CC)OCCCC/C=C\CC)NCCCN(C)C)OCCCC/C=C\CC. The fraction of sp³-hybridized carbons (Fsp3) is 0.827. The second-order valence-corrected chi connectivity index (χ2v) is 16.5. The third-order valence-corrected chi connectivity index (χ3v) is 10.2. The lowest BCUT2D eigenvalue weighted by atomic mass is 10.2. The summed E-state index contributed by atoms with van der Waals surface area (Å²) in [6.07, 6.45) is 43.0. The molecule has 1 atom stereocenters. The first-order chi connectivity index (χ1) is 30.0. The number of ether oxygens (including phenoxy) is 6. The molecule has 0 bridgehead atoms. The van der Waals surface area contributed by atoms with Gasteiger partial charge < -0.3 is 38.6 Å². The zero-order valence-electron chi connectivity index (χ0n) is 40.7. The molecule has 0 spiro atoms. The van der Waals surface area contributed by atoms with Gasteiger partial charge in [-0.05, 0) is 175 Å². The molecular formula is C52H98N2O7. The van der Waals surface area contributed by atoms with Crippen LogP contribution < -0.4 is 5.32 Å². The standard InChI is InChI=1S/C52H98N2O7/c1-7-11-15-19-23-32-43-57-51(58-44-33-24-20-16-12-8-2)38-28-27-31-42-56-47-49(53-40-36-41-54(5)6)48-61-50(55)37-29-30-39-52(59-45-34-25-21-17-13-9-3)60-46-35-26-22-18-14-10-4/h11-18,49,51-53H,7-10,19-48H2,1-6H3/b15-11-,16-12-,17-13-,18-14-. The third kappa shape index (κ3) is 46.0. The molecule has 0 aromatic rings. The van der Waals surface area contributed by atoms with Crippen LogP contribution in [0.4, 0.5) is 0 Å². The summed E-state index contributed by atoms with van der Waals surface area (Å²) in [5.74, 6) is -0.153. The number of carbonyl (C=O) groups excluding carboxylic acids is 1. The van der Waals surface area contributed by atoms with Gasteiger partial charge in [-0.2, -0.15) is 0 Å². The number of allylic oxidation sites excluding steroid dienone is 8. The molecule has 0 aliphatic rings.